The van der Waals surface area contributed by atoms with E-state index in [1.54, 1.807) is 14.2 Å². The van der Waals surface area contributed by atoms with E-state index in [-0.39, 0.29) is 5.91 Å². The summed E-state index contributed by atoms with van der Waals surface area (Å²) < 4.78 is 10.8. The quantitative estimate of drug-likeness (QED) is 0.852. The van der Waals surface area contributed by atoms with Crippen LogP contribution in [-0.4, -0.2) is 31.6 Å². The Morgan fingerprint density at radius 2 is 1.75 bits per heavy atom. The molecule has 4 heteroatoms. The molecule has 0 N–H and O–H groups in total. The van der Waals surface area contributed by atoms with Crippen LogP contribution in [0.2, 0.25) is 0 Å². The van der Waals surface area contributed by atoms with E-state index in [9.17, 15) is 4.79 Å². The molecule has 0 aliphatic carbocycles. The fraction of sp³-hybridized carbons (Fsp3) is 0.250. The fourth-order valence-corrected chi connectivity index (χ4v) is 3.52. The van der Waals surface area contributed by atoms with Gasteiger partial charge in [0.05, 0.1) is 14.2 Å². The normalized spacial score (nSPS) is 15.7. The monoisotopic (exact) mass is 321 g/mol. The van der Waals surface area contributed by atoms with Gasteiger partial charge in [0.15, 0.2) is 11.5 Å². The van der Waals surface area contributed by atoms with Crippen LogP contribution in [-0.2, 0) is 12.8 Å². The highest BCUT2D eigenvalue weighted by Crippen LogP contribution is 2.36. The molecule has 0 bridgehead atoms. The molecule has 2 aliphatic heterocycles. The summed E-state index contributed by atoms with van der Waals surface area (Å²) in [5.74, 6) is 1.53. The Balaban J connectivity index is 1.81. The zero-order chi connectivity index (χ0) is 16.7. The molecule has 0 saturated heterocycles. The lowest BCUT2D eigenvalue weighted by Gasteiger charge is -2.30. The van der Waals surface area contributed by atoms with Crippen molar-refractivity contribution in [3.05, 3.63) is 64.3 Å². The van der Waals surface area contributed by atoms with E-state index in [0.717, 1.165) is 41.0 Å². The van der Waals surface area contributed by atoms with Crippen molar-refractivity contribution in [1.29, 1.82) is 0 Å². The molecule has 1 amide bonds. The number of amides is 1. The summed E-state index contributed by atoms with van der Waals surface area (Å²) >= 11 is 0. The van der Waals surface area contributed by atoms with Crippen molar-refractivity contribution in [3.63, 3.8) is 0 Å². The minimum absolute atomic E-state index is 0.0924. The second kappa shape index (κ2) is 5.71. The largest absolute Gasteiger partial charge is 0.493 e. The standard InChI is InChI=1S/C20H19NO3/c1-23-18-11-13-7-8-21-16(10-15(13)12-19(18)24-2)9-14-5-3-4-6-17(14)20(21)22/h3-6,10-12H,7-9H2,1-2H3. The third kappa shape index (κ3) is 2.26. The summed E-state index contributed by atoms with van der Waals surface area (Å²) in [6.07, 6.45) is 3.68. The Hall–Kier alpha value is -2.75. The van der Waals surface area contributed by atoms with E-state index in [1.165, 1.54) is 5.56 Å². The van der Waals surface area contributed by atoms with Crippen LogP contribution in [0.3, 0.4) is 0 Å². The molecule has 4 rings (SSSR count). The van der Waals surface area contributed by atoms with Crippen molar-refractivity contribution in [1.82, 2.24) is 4.90 Å². The van der Waals surface area contributed by atoms with Crippen LogP contribution in [0.25, 0.3) is 6.08 Å². The predicted octanol–water partition coefficient (Wildman–Crippen LogP) is 3.30. The first-order chi connectivity index (χ1) is 11.7. The molecule has 2 aliphatic rings. The number of nitrogens with zero attached hydrogens (tertiary/aromatic N) is 1. The van der Waals surface area contributed by atoms with Gasteiger partial charge in [0.1, 0.15) is 0 Å². The highest BCUT2D eigenvalue weighted by Gasteiger charge is 2.29. The van der Waals surface area contributed by atoms with Crippen molar-refractivity contribution >= 4 is 12.0 Å². The van der Waals surface area contributed by atoms with Crippen LogP contribution in [0, 0.1) is 0 Å². The average Bonchev–Trinajstić information content (AvgIpc) is 2.79. The minimum atomic E-state index is 0.0924. The Morgan fingerprint density at radius 1 is 1.00 bits per heavy atom. The van der Waals surface area contributed by atoms with Gasteiger partial charge in [-0.25, -0.2) is 0 Å². The third-order valence-electron chi connectivity index (χ3n) is 4.78. The lowest BCUT2D eigenvalue weighted by Crippen LogP contribution is -2.36. The molecule has 2 aromatic carbocycles. The number of fused-ring (bicyclic) bond motifs is 3. The Morgan fingerprint density at radius 3 is 2.54 bits per heavy atom. The first kappa shape index (κ1) is 14.8. The first-order valence-electron chi connectivity index (χ1n) is 8.06. The van der Waals surface area contributed by atoms with Crippen LogP contribution < -0.4 is 9.47 Å². The van der Waals surface area contributed by atoms with Gasteiger partial charge in [-0.15, -0.1) is 0 Å². The minimum Gasteiger partial charge on any atom is -0.493 e. The predicted molar refractivity (Wildman–Crippen MR) is 92.4 cm³/mol. The van der Waals surface area contributed by atoms with E-state index in [4.69, 9.17) is 9.47 Å². The molecular weight excluding hydrogens is 302 g/mol. The maximum atomic E-state index is 12.8. The Bertz CT molecular complexity index is 854. The second-order valence-electron chi connectivity index (χ2n) is 6.08. The van der Waals surface area contributed by atoms with Gasteiger partial charge in [0.2, 0.25) is 0 Å². The van der Waals surface area contributed by atoms with Crippen molar-refractivity contribution in [2.24, 2.45) is 0 Å². The van der Waals surface area contributed by atoms with Gasteiger partial charge in [-0.1, -0.05) is 18.2 Å². The number of hydrogen-bond acceptors (Lipinski definition) is 3. The molecule has 0 spiro atoms. The average molecular weight is 321 g/mol. The molecule has 0 fully saturated rings. The molecule has 0 unspecified atom stereocenters. The van der Waals surface area contributed by atoms with Gasteiger partial charge in [-0.2, -0.15) is 0 Å². The van der Waals surface area contributed by atoms with Gasteiger partial charge in [0, 0.05) is 24.2 Å². The zero-order valence-corrected chi connectivity index (χ0v) is 13.8. The molecule has 0 saturated carbocycles. The van der Waals surface area contributed by atoms with Crippen LogP contribution in [0.1, 0.15) is 27.0 Å². The smallest absolute Gasteiger partial charge is 0.258 e. The zero-order valence-electron chi connectivity index (χ0n) is 13.8. The van der Waals surface area contributed by atoms with Crippen LogP contribution in [0.4, 0.5) is 0 Å². The van der Waals surface area contributed by atoms with Crippen LogP contribution in [0.5, 0.6) is 11.5 Å². The number of ether oxygens (including phenoxy) is 2. The molecule has 2 aromatic rings. The lowest BCUT2D eigenvalue weighted by molar-refractivity contribution is 0.0794. The summed E-state index contributed by atoms with van der Waals surface area (Å²) in [4.78, 5) is 14.7. The van der Waals surface area contributed by atoms with E-state index in [2.05, 4.69) is 6.08 Å². The molecule has 2 heterocycles. The van der Waals surface area contributed by atoms with Gasteiger partial charge in [-0.05, 0) is 47.4 Å². The van der Waals surface area contributed by atoms with Crippen molar-refractivity contribution in [2.75, 3.05) is 20.8 Å². The van der Waals surface area contributed by atoms with Crippen molar-refractivity contribution in [3.8, 4) is 11.5 Å². The number of carbonyl (C=O) groups is 1. The van der Waals surface area contributed by atoms with Crippen LogP contribution >= 0.6 is 0 Å². The fourth-order valence-electron chi connectivity index (χ4n) is 3.52. The molecule has 24 heavy (non-hydrogen) atoms. The van der Waals surface area contributed by atoms with Gasteiger partial charge >= 0.3 is 0 Å². The number of allylic oxidation sites excluding steroid dienone is 1. The van der Waals surface area contributed by atoms with Gasteiger partial charge < -0.3 is 14.4 Å². The summed E-state index contributed by atoms with van der Waals surface area (Å²) in [5, 5.41) is 0. The van der Waals surface area contributed by atoms with E-state index >= 15 is 0 Å². The molecular formula is C20H19NO3. The maximum Gasteiger partial charge on any atom is 0.258 e. The van der Waals surface area contributed by atoms with Gasteiger partial charge in [0.25, 0.3) is 5.91 Å². The molecule has 0 radical (unpaired) electrons. The maximum absolute atomic E-state index is 12.8. The summed E-state index contributed by atoms with van der Waals surface area (Å²) in [6.45, 7) is 0.682. The number of hydrogen-bond donors (Lipinski definition) is 0. The Kier molecular flexibility index (Phi) is 3.53. The van der Waals surface area contributed by atoms with E-state index < -0.39 is 0 Å². The van der Waals surface area contributed by atoms with Crippen LogP contribution in [0.15, 0.2) is 42.1 Å². The second-order valence-corrected chi connectivity index (χ2v) is 6.08. The summed E-state index contributed by atoms with van der Waals surface area (Å²) in [5.41, 5.74) is 5.22. The Labute approximate surface area is 141 Å². The summed E-state index contributed by atoms with van der Waals surface area (Å²) in [7, 11) is 3.28. The molecule has 122 valence electrons. The lowest BCUT2D eigenvalue weighted by atomic mass is 9.96. The van der Waals surface area contributed by atoms with E-state index in [0.29, 0.717) is 12.3 Å². The molecule has 0 atom stereocenters. The van der Waals surface area contributed by atoms with Crippen molar-refractivity contribution in [2.45, 2.75) is 12.8 Å². The third-order valence-corrected chi connectivity index (χ3v) is 4.78. The molecule has 4 nitrogen and oxygen atoms in total. The number of benzene rings is 2. The molecule has 0 aromatic heterocycles. The van der Waals surface area contributed by atoms with Crippen molar-refractivity contribution < 1.29 is 14.3 Å². The highest BCUT2D eigenvalue weighted by atomic mass is 16.5. The first-order valence-corrected chi connectivity index (χ1v) is 8.06. The SMILES string of the molecule is COc1cc2c(cc1OC)CCN1C(=O)c3ccccc3CC1=C2. The number of carbonyl (C=O) groups excluding carboxylic acids is 1. The number of rotatable bonds is 2. The topological polar surface area (TPSA) is 38.8 Å². The van der Waals surface area contributed by atoms with E-state index in [1.807, 2.05) is 41.3 Å². The highest BCUT2D eigenvalue weighted by molar-refractivity contribution is 5.99. The number of methoxy groups -OCH3 is 2. The summed E-state index contributed by atoms with van der Waals surface area (Å²) in [6, 6.07) is 11.9. The van der Waals surface area contributed by atoms with Gasteiger partial charge in [-0.3, -0.25) is 4.79 Å².